The number of anilines is 2. The second-order valence-electron chi connectivity index (χ2n) is 5.34. The lowest BCUT2D eigenvalue weighted by atomic mass is 10.2. The average Bonchev–Trinajstić information content (AvgIpc) is 3.24. The van der Waals surface area contributed by atoms with Crippen LogP contribution in [0.15, 0.2) is 10.8 Å². The molecule has 0 radical (unpaired) electrons. The monoisotopic (exact) mass is 325 g/mol. The molecule has 1 aromatic heterocycles. The van der Waals surface area contributed by atoms with Gasteiger partial charge < -0.3 is 10.2 Å². The first-order valence-corrected chi connectivity index (χ1v) is 7.73. The lowest BCUT2D eigenvalue weighted by molar-refractivity contribution is 0.247. The number of nitrogens with zero attached hydrogens (tertiary/aromatic N) is 4. The average molecular weight is 326 g/mol. The molecule has 1 saturated carbocycles. The van der Waals surface area contributed by atoms with Crippen molar-refractivity contribution in [1.29, 1.82) is 0 Å². The summed E-state index contributed by atoms with van der Waals surface area (Å²) in [5.74, 6) is 2.84. The molecule has 6 heteroatoms. The molecule has 0 bridgehead atoms. The maximum absolute atomic E-state index is 4.42. The van der Waals surface area contributed by atoms with Crippen LogP contribution < -0.4 is 10.2 Å². The van der Waals surface area contributed by atoms with Gasteiger partial charge in [0.15, 0.2) is 0 Å². The van der Waals surface area contributed by atoms with E-state index in [1.807, 2.05) is 7.05 Å². The predicted octanol–water partition coefficient (Wildman–Crippen LogP) is 1.81. The summed E-state index contributed by atoms with van der Waals surface area (Å²) in [5.41, 5.74) is 0. The van der Waals surface area contributed by atoms with Crippen LogP contribution in [0, 0.1) is 5.92 Å². The zero-order valence-electron chi connectivity index (χ0n) is 11.3. The van der Waals surface area contributed by atoms with Gasteiger partial charge in [0.05, 0.1) is 0 Å². The highest BCUT2D eigenvalue weighted by molar-refractivity contribution is 9.10. The topological polar surface area (TPSA) is 44.3 Å². The quantitative estimate of drug-likeness (QED) is 0.914. The lowest BCUT2D eigenvalue weighted by Crippen LogP contribution is -2.47. The van der Waals surface area contributed by atoms with E-state index in [0.717, 1.165) is 48.2 Å². The fraction of sp³-hybridized carbons (Fsp3) is 0.692. The molecule has 2 fully saturated rings. The minimum Gasteiger partial charge on any atom is -0.372 e. The summed E-state index contributed by atoms with van der Waals surface area (Å²) in [5, 5.41) is 3.08. The number of hydrogen-bond acceptors (Lipinski definition) is 5. The van der Waals surface area contributed by atoms with E-state index < -0.39 is 0 Å². The number of aromatic nitrogens is 2. The van der Waals surface area contributed by atoms with Crippen LogP contribution in [0.3, 0.4) is 0 Å². The maximum atomic E-state index is 4.42. The van der Waals surface area contributed by atoms with Crippen molar-refractivity contribution in [2.45, 2.75) is 12.8 Å². The fourth-order valence-electron chi connectivity index (χ4n) is 2.56. The maximum Gasteiger partial charge on any atom is 0.148 e. The first kappa shape index (κ1) is 13.1. The summed E-state index contributed by atoms with van der Waals surface area (Å²) < 4.78 is 0.966. The summed E-state index contributed by atoms with van der Waals surface area (Å²) >= 11 is 3.60. The van der Waals surface area contributed by atoms with Crippen LogP contribution in [0.2, 0.25) is 0 Å². The van der Waals surface area contributed by atoms with E-state index in [1.165, 1.54) is 19.4 Å². The molecule has 1 aromatic rings. The molecule has 19 heavy (non-hydrogen) atoms. The summed E-state index contributed by atoms with van der Waals surface area (Å²) in [6.07, 6.45) is 4.49. The molecule has 1 saturated heterocycles. The summed E-state index contributed by atoms with van der Waals surface area (Å²) in [4.78, 5) is 13.6. The Bertz CT molecular complexity index is 441. The van der Waals surface area contributed by atoms with Crippen molar-refractivity contribution in [1.82, 2.24) is 14.9 Å². The minimum absolute atomic E-state index is 0.852. The molecule has 104 valence electrons. The zero-order chi connectivity index (χ0) is 13.2. The SMILES string of the molecule is CNc1ncnc(N2CCN(CC3CC3)CC2)c1Br. The first-order chi connectivity index (χ1) is 9.28. The zero-order valence-corrected chi connectivity index (χ0v) is 12.9. The molecule has 0 atom stereocenters. The van der Waals surface area contributed by atoms with Gasteiger partial charge in [0.25, 0.3) is 0 Å². The molecular formula is C13H20BrN5. The molecule has 2 aliphatic rings. The third-order valence-electron chi connectivity index (χ3n) is 3.89. The Labute approximate surface area is 122 Å². The van der Waals surface area contributed by atoms with Gasteiger partial charge in [0.2, 0.25) is 0 Å². The highest BCUT2D eigenvalue weighted by atomic mass is 79.9. The molecule has 0 spiro atoms. The second-order valence-corrected chi connectivity index (χ2v) is 6.13. The normalized spacial score (nSPS) is 20.6. The van der Waals surface area contributed by atoms with E-state index in [2.05, 4.69) is 41.0 Å². The van der Waals surface area contributed by atoms with E-state index in [0.29, 0.717) is 0 Å². The molecule has 0 amide bonds. The lowest BCUT2D eigenvalue weighted by Gasteiger charge is -2.35. The molecule has 2 heterocycles. The van der Waals surface area contributed by atoms with Gasteiger partial charge in [-0.15, -0.1) is 0 Å². The summed E-state index contributed by atoms with van der Waals surface area (Å²) in [6.45, 7) is 5.67. The van der Waals surface area contributed by atoms with Gasteiger partial charge >= 0.3 is 0 Å². The minimum atomic E-state index is 0.852. The van der Waals surface area contributed by atoms with Crippen LogP contribution in [-0.4, -0.2) is 54.6 Å². The third kappa shape index (κ3) is 3.00. The number of piperazine rings is 1. The van der Waals surface area contributed by atoms with Crippen molar-refractivity contribution >= 4 is 27.6 Å². The van der Waals surface area contributed by atoms with Crippen LogP contribution in [0.4, 0.5) is 11.6 Å². The number of rotatable bonds is 4. The molecule has 1 N–H and O–H groups in total. The summed E-state index contributed by atoms with van der Waals surface area (Å²) in [6, 6.07) is 0. The summed E-state index contributed by atoms with van der Waals surface area (Å²) in [7, 11) is 1.88. The van der Waals surface area contributed by atoms with E-state index in [1.54, 1.807) is 6.33 Å². The highest BCUT2D eigenvalue weighted by Crippen LogP contribution is 2.32. The van der Waals surface area contributed by atoms with Crippen LogP contribution in [0.25, 0.3) is 0 Å². The highest BCUT2D eigenvalue weighted by Gasteiger charge is 2.27. The van der Waals surface area contributed by atoms with Gasteiger partial charge in [-0.05, 0) is 34.7 Å². The molecule has 3 rings (SSSR count). The molecule has 1 aliphatic carbocycles. The molecule has 1 aliphatic heterocycles. The van der Waals surface area contributed by atoms with Crippen molar-refractivity contribution < 1.29 is 0 Å². The number of hydrogen-bond donors (Lipinski definition) is 1. The van der Waals surface area contributed by atoms with Gasteiger partial charge in [-0.25, -0.2) is 9.97 Å². The molecule has 0 unspecified atom stereocenters. The standard InChI is InChI=1S/C13H20BrN5/c1-15-12-11(14)13(17-9-16-12)19-6-4-18(5-7-19)8-10-2-3-10/h9-10H,2-8H2,1H3,(H,15,16,17). The van der Waals surface area contributed by atoms with E-state index in [-0.39, 0.29) is 0 Å². The largest absolute Gasteiger partial charge is 0.372 e. The van der Waals surface area contributed by atoms with Crippen LogP contribution in [-0.2, 0) is 0 Å². The van der Waals surface area contributed by atoms with Crippen molar-refractivity contribution in [2.75, 3.05) is 50.0 Å². The number of nitrogens with one attached hydrogen (secondary N) is 1. The molecule has 0 aromatic carbocycles. The molecule has 5 nitrogen and oxygen atoms in total. The predicted molar refractivity (Wildman–Crippen MR) is 80.7 cm³/mol. The van der Waals surface area contributed by atoms with Gasteiger partial charge in [-0.2, -0.15) is 0 Å². The van der Waals surface area contributed by atoms with E-state index in [4.69, 9.17) is 0 Å². The fourth-order valence-corrected chi connectivity index (χ4v) is 3.22. The van der Waals surface area contributed by atoms with Crippen LogP contribution >= 0.6 is 15.9 Å². The van der Waals surface area contributed by atoms with Gasteiger partial charge in [0.1, 0.15) is 22.4 Å². The van der Waals surface area contributed by atoms with Gasteiger partial charge in [-0.1, -0.05) is 0 Å². The van der Waals surface area contributed by atoms with Gasteiger partial charge in [0, 0.05) is 39.8 Å². The van der Waals surface area contributed by atoms with E-state index >= 15 is 0 Å². The third-order valence-corrected chi connectivity index (χ3v) is 4.62. The van der Waals surface area contributed by atoms with E-state index in [9.17, 15) is 0 Å². The Morgan fingerprint density at radius 3 is 2.63 bits per heavy atom. The van der Waals surface area contributed by atoms with Crippen molar-refractivity contribution in [2.24, 2.45) is 5.92 Å². The number of halogens is 1. The van der Waals surface area contributed by atoms with Crippen molar-refractivity contribution in [3.05, 3.63) is 10.8 Å². The van der Waals surface area contributed by atoms with Crippen LogP contribution in [0.5, 0.6) is 0 Å². The Morgan fingerprint density at radius 1 is 1.26 bits per heavy atom. The first-order valence-electron chi connectivity index (χ1n) is 6.93. The Morgan fingerprint density at radius 2 is 2.00 bits per heavy atom. The smallest absolute Gasteiger partial charge is 0.148 e. The van der Waals surface area contributed by atoms with Crippen molar-refractivity contribution in [3.8, 4) is 0 Å². The van der Waals surface area contributed by atoms with Gasteiger partial charge in [-0.3, -0.25) is 4.90 Å². The van der Waals surface area contributed by atoms with Crippen molar-refractivity contribution in [3.63, 3.8) is 0 Å². The Kier molecular flexibility index (Phi) is 3.88. The molecular weight excluding hydrogens is 306 g/mol. The second kappa shape index (κ2) is 5.63. The Hall–Kier alpha value is -0.880. The Balaban J connectivity index is 1.64. The van der Waals surface area contributed by atoms with Crippen LogP contribution in [0.1, 0.15) is 12.8 Å².